The number of aromatic nitrogens is 2. The number of hydrogen-bond acceptors (Lipinski definition) is 3. The Bertz CT molecular complexity index is 1040. The molecular formula is C21H18ClN3O3. The molecule has 1 aromatic heterocycles. The number of aryl methyl sites for hydroxylation is 1. The van der Waals surface area contributed by atoms with Gasteiger partial charge in [-0.25, -0.2) is 4.68 Å². The van der Waals surface area contributed by atoms with E-state index in [1.54, 1.807) is 35.0 Å². The molecule has 7 heteroatoms. The fourth-order valence-electron chi connectivity index (χ4n) is 2.73. The molecule has 142 valence electrons. The van der Waals surface area contributed by atoms with E-state index in [4.69, 9.17) is 16.7 Å². The van der Waals surface area contributed by atoms with Gasteiger partial charge in [0.15, 0.2) is 0 Å². The Morgan fingerprint density at radius 2 is 1.82 bits per heavy atom. The van der Waals surface area contributed by atoms with Gasteiger partial charge in [-0.05, 0) is 36.8 Å². The first-order valence-corrected chi connectivity index (χ1v) is 8.93. The Kier molecular flexibility index (Phi) is 5.91. The quantitative estimate of drug-likeness (QED) is 0.615. The molecular weight excluding hydrogens is 378 g/mol. The van der Waals surface area contributed by atoms with E-state index in [2.05, 4.69) is 10.4 Å². The van der Waals surface area contributed by atoms with Crippen molar-refractivity contribution >= 4 is 35.2 Å². The number of rotatable bonds is 6. The summed E-state index contributed by atoms with van der Waals surface area (Å²) in [5.74, 6) is -1.35. The van der Waals surface area contributed by atoms with Crippen molar-refractivity contribution in [2.24, 2.45) is 0 Å². The molecule has 0 aliphatic rings. The predicted octanol–water partition coefficient (Wildman–Crippen LogP) is 4.11. The largest absolute Gasteiger partial charge is 0.481 e. The van der Waals surface area contributed by atoms with E-state index in [-0.39, 0.29) is 12.3 Å². The number of carbonyl (C=O) groups is 2. The first kappa shape index (κ1) is 19.4. The smallest absolute Gasteiger partial charge is 0.307 e. The monoisotopic (exact) mass is 395 g/mol. The van der Waals surface area contributed by atoms with Gasteiger partial charge in [0.1, 0.15) is 5.15 Å². The van der Waals surface area contributed by atoms with Crippen molar-refractivity contribution in [2.75, 3.05) is 5.32 Å². The highest BCUT2D eigenvalue weighted by Gasteiger charge is 2.13. The number of nitrogens with one attached hydrogen (secondary N) is 1. The summed E-state index contributed by atoms with van der Waals surface area (Å²) in [6.07, 6.45) is 2.77. The lowest BCUT2D eigenvalue weighted by molar-refractivity contribution is -0.136. The Morgan fingerprint density at radius 1 is 1.14 bits per heavy atom. The summed E-state index contributed by atoms with van der Waals surface area (Å²) in [5, 5.41) is 16.5. The molecule has 1 amide bonds. The molecule has 0 saturated carbocycles. The van der Waals surface area contributed by atoms with Crippen molar-refractivity contribution in [1.82, 2.24) is 9.78 Å². The Hall–Kier alpha value is -3.38. The second kappa shape index (κ2) is 8.54. The predicted molar refractivity (Wildman–Crippen MR) is 109 cm³/mol. The molecule has 0 atom stereocenters. The zero-order valence-corrected chi connectivity index (χ0v) is 15.8. The highest BCUT2D eigenvalue weighted by molar-refractivity contribution is 6.31. The minimum Gasteiger partial charge on any atom is -0.481 e. The van der Waals surface area contributed by atoms with Crippen LogP contribution in [0.4, 0.5) is 5.69 Å². The summed E-state index contributed by atoms with van der Waals surface area (Å²) in [5.41, 5.74) is 3.14. The number of carboxylic acids is 1. The third kappa shape index (κ3) is 4.47. The summed E-state index contributed by atoms with van der Waals surface area (Å²) in [4.78, 5) is 23.3. The number of anilines is 1. The van der Waals surface area contributed by atoms with Crippen molar-refractivity contribution in [3.05, 3.63) is 82.6 Å². The van der Waals surface area contributed by atoms with Gasteiger partial charge in [0.2, 0.25) is 5.91 Å². The lowest BCUT2D eigenvalue weighted by Gasteiger charge is -2.07. The molecule has 0 unspecified atom stereocenters. The lowest BCUT2D eigenvalue weighted by atomic mass is 10.1. The third-order valence-corrected chi connectivity index (χ3v) is 4.43. The Morgan fingerprint density at radius 3 is 2.54 bits per heavy atom. The molecule has 2 aromatic carbocycles. The summed E-state index contributed by atoms with van der Waals surface area (Å²) >= 11 is 6.44. The van der Waals surface area contributed by atoms with Gasteiger partial charge in [0, 0.05) is 17.3 Å². The minimum absolute atomic E-state index is 0.172. The van der Waals surface area contributed by atoms with E-state index in [9.17, 15) is 9.59 Å². The van der Waals surface area contributed by atoms with Gasteiger partial charge in [-0.15, -0.1) is 0 Å². The number of amides is 1. The van der Waals surface area contributed by atoms with Crippen LogP contribution in [0.15, 0.2) is 60.7 Å². The molecule has 0 aliphatic heterocycles. The topological polar surface area (TPSA) is 84.2 Å². The maximum Gasteiger partial charge on any atom is 0.307 e. The molecule has 0 radical (unpaired) electrons. The Balaban J connectivity index is 1.79. The van der Waals surface area contributed by atoms with Crippen molar-refractivity contribution in [2.45, 2.75) is 13.3 Å². The van der Waals surface area contributed by atoms with Crippen LogP contribution in [0.3, 0.4) is 0 Å². The average molecular weight is 396 g/mol. The van der Waals surface area contributed by atoms with Crippen LogP contribution in [-0.2, 0) is 16.0 Å². The third-order valence-electron chi connectivity index (χ3n) is 4.07. The van der Waals surface area contributed by atoms with Crippen LogP contribution in [0.2, 0.25) is 5.15 Å². The van der Waals surface area contributed by atoms with E-state index in [0.717, 1.165) is 5.69 Å². The highest BCUT2D eigenvalue weighted by atomic mass is 35.5. The van der Waals surface area contributed by atoms with E-state index in [0.29, 0.717) is 27.7 Å². The molecule has 3 rings (SSSR count). The van der Waals surface area contributed by atoms with Crippen molar-refractivity contribution in [1.29, 1.82) is 0 Å². The standard InChI is InChI=1S/C21H18ClN3O3/c1-14-17(21(22)25(24-14)16-8-3-2-4-9-16)11-12-19(26)23-18-10-6-5-7-15(18)13-20(27)28/h2-12H,13H2,1H3,(H,23,26)(H,27,28). The van der Waals surface area contributed by atoms with Crippen LogP contribution in [0, 0.1) is 6.92 Å². The van der Waals surface area contributed by atoms with Gasteiger partial charge < -0.3 is 10.4 Å². The number of halogens is 1. The minimum atomic E-state index is -0.965. The molecule has 0 spiro atoms. The van der Waals surface area contributed by atoms with Crippen molar-refractivity contribution in [3.63, 3.8) is 0 Å². The average Bonchev–Trinajstić information content (AvgIpc) is 2.96. The zero-order valence-electron chi connectivity index (χ0n) is 15.1. The van der Waals surface area contributed by atoms with Gasteiger partial charge in [-0.2, -0.15) is 5.10 Å². The number of carboxylic acid groups (broad SMARTS) is 1. The van der Waals surface area contributed by atoms with Gasteiger partial charge >= 0.3 is 5.97 Å². The van der Waals surface area contributed by atoms with E-state index in [1.165, 1.54) is 6.08 Å². The molecule has 6 nitrogen and oxygen atoms in total. The second-order valence-corrected chi connectivity index (χ2v) is 6.45. The fourth-order valence-corrected chi connectivity index (χ4v) is 3.07. The highest BCUT2D eigenvalue weighted by Crippen LogP contribution is 2.24. The van der Waals surface area contributed by atoms with Crippen molar-refractivity contribution < 1.29 is 14.7 Å². The molecule has 2 N–H and O–H groups in total. The normalized spacial score (nSPS) is 10.9. The van der Waals surface area contributed by atoms with Crippen LogP contribution in [0.1, 0.15) is 16.8 Å². The maximum absolute atomic E-state index is 12.3. The number of carbonyl (C=O) groups excluding carboxylic acids is 1. The maximum atomic E-state index is 12.3. The van der Waals surface area contributed by atoms with Crippen LogP contribution >= 0.6 is 11.6 Å². The second-order valence-electron chi connectivity index (χ2n) is 6.09. The number of para-hydroxylation sites is 2. The van der Waals surface area contributed by atoms with Gasteiger partial charge in [-0.1, -0.05) is 48.0 Å². The first-order chi connectivity index (χ1) is 13.5. The van der Waals surface area contributed by atoms with Gasteiger partial charge in [-0.3, -0.25) is 9.59 Å². The van der Waals surface area contributed by atoms with Crippen LogP contribution in [0.5, 0.6) is 0 Å². The summed E-state index contributed by atoms with van der Waals surface area (Å²) < 4.78 is 1.61. The molecule has 1 heterocycles. The number of benzene rings is 2. The summed E-state index contributed by atoms with van der Waals surface area (Å²) in [6.45, 7) is 1.81. The van der Waals surface area contributed by atoms with Gasteiger partial charge in [0.05, 0.1) is 17.8 Å². The molecule has 0 saturated heterocycles. The lowest BCUT2D eigenvalue weighted by Crippen LogP contribution is -2.11. The molecule has 0 bridgehead atoms. The fraction of sp³-hybridized carbons (Fsp3) is 0.0952. The number of nitrogens with zero attached hydrogens (tertiary/aromatic N) is 2. The molecule has 28 heavy (non-hydrogen) atoms. The summed E-state index contributed by atoms with van der Waals surface area (Å²) in [7, 11) is 0. The zero-order chi connectivity index (χ0) is 20.1. The van der Waals surface area contributed by atoms with E-state index >= 15 is 0 Å². The number of hydrogen-bond donors (Lipinski definition) is 2. The van der Waals surface area contributed by atoms with Crippen LogP contribution in [0.25, 0.3) is 11.8 Å². The van der Waals surface area contributed by atoms with Gasteiger partial charge in [0.25, 0.3) is 0 Å². The van der Waals surface area contributed by atoms with E-state index in [1.807, 2.05) is 37.3 Å². The Labute approximate surface area is 167 Å². The van der Waals surface area contributed by atoms with Crippen LogP contribution in [-0.4, -0.2) is 26.8 Å². The molecule has 0 fully saturated rings. The van der Waals surface area contributed by atoms with Crippen molar-refractivity contribution in [3.8, 4) is 5.69 Å². The first-order valence-electron chi connectivity index (χ1n) is 8.55. The molecule has 3 aromatic rings. The SMILES string of the molecule is Cc1nn(-c2ccccc2)c(Cl)c1C=CC(=O)Nc1ccccc1CC(=O)O. The van der Waals surface area contributed by atoms with Crippen LogP contribution < -0.4 is 5.32 Å². The number of aliphatic carboxylic acids is 1. The van der Waals surface area contributed by atoms with E-state index < -0.39 is 5.97 Å². The summed E-state index contributed by atoms with van der Waals surface area (Å²) in [6, 6.07) is 16.2. The molecule has 0 aliphatic carbocycles.